The van der Waals surface area contributed by atoms with Gasteiger partial charge in [0.2, 0.25) is 5.89 Å². The molecule has 0 atom stereocenters. The molecule has 2 aromatic rings. The number of aromatic nitrogens is 1. The summed E-state index contributed by atoms with van der Waals surface area (Å²) in [5, 5.41) is 8.67. The lowest BCUT2D eigenvalue weighted by Gasteiger charge is -2.04. The summed E-state index contributed by atoms with van der Waals surface area (Å²) < 4.78 is 44.3. The topological polar surface area (TPSA) is 91.0 Å². The highest BCUT2D eigenvalue weighted by Crippen LogP contribution is 2.42. The summed E-state index contributed by atoms with van der Waals surface area (Å²) in [6.45, 7) is -0.163. The summed E-state index contributed by atoms with van der Waals surface area (Å²) in [5.74, 6) is -1.23. The molecule has 0 amide bonds. The number of hydrogen-bond donors (Lipinski definition) is 1. The van der Waals surface area contributed by atoms with Crippen LogP contribution in [0.1, 0.15) is 16.4 Å². The van der Waals surface area contributed by atoms with Gasteiger partial charge in [-0.3, -0.25) is 0 Å². The van der Waals surface area contributed by atoms with Crippen molar-refractivity contribution in [2.45, 2.75) is 12.9 Å². The first kappa shape index (κ1) is 13.2. The van der Waals surface area contributed by atoms with Crippen LogP contribution in [0.4, 0.5) is 8.78 Å². The first-order chi connectivity index (χ1) is 9.93. The van der Waals surface area contributed by atoms with E-state index in [1.165, 1.54) is 18.2 Å². The second-order valence-electron chi connectivity index (χ2n) is 4.00. The molecule has 1 aliphatic heterocycles. The average molecular weight is 299 g/mol. The van der Waals surface area contributed by atoms with Crippen LogP contribution in [0.2, 0.25) is 0 Å². The highest BCUT2D eigenvalue weighted by Gasteiger charge is 2.43. The Labute approximate surface area is 115 Å². The SMILES string of the molecule is O=C(O)c1coc(COc2ccc3c(c2)OC(F)(F)O3)n1. The van der Waals surface area contributed by atoms with Crippen LogP contribution in [0, 0.1) is 0 Å². The highest BCUT2D eigenvalue weighted by molar-refractivity contribution is 5.84. The molecule has 1 aliphatic rings. The third-order valence-corrected chi connectivity index (χ3v) is 2.51. The third-order valence-electron chi connectivity index (χ3n) is 2.51. The second-order valence-corrected chi connectivity index (χ2v) is 4.00. The van der Waals surface area contributed by atoms with Crippen molar-refractivity contribution in [1.29, 1.82) is 0 Å². The molecule has 1 aromatic heterocycles. The molecule has 1 N–H and O–H groups in total. The van der Waals surface area contributed by atoms with Gasteiger partial charge in [0.25, 0.3) is 0 Å². The van der Waals surface area contributed by atoms with Crippen LogP contribution in [-0.2, 0) is 6.61 Å². The molecule has 0 fully saturated rings. The van der Waals surface area contributed by atoms with E-state index >= 15 is 0 Å². The monoisotopic (exact) mass is 299 g/mol. The van der Waals surface area contributed by atoms with E-state index < -0.39 is 12.3 Å². The van der Waals surface area contributed by atoms with Crippen LogP contribution in [0.25, 0.3) is 0 Å². The number of carbonyl (C=O) groups is 1. The Morgan fingerprint density at radius 2 is 2.10 bits per heavy atom. The maximum atomic E-state index is 12.8. The maximum Gasteiger partial charge on any atom is 0.586 e. The Hall–Kier alpha value is -2.84. The smallest absolute Gasteiger partial charge is 0.484 e. The molecule has 2 heterocycles. The van der Waals surface area contributed by atoms with Gasteiger partial charge in [-0.1, -0.05) is 0 Å². The summed E-state index contributed by atoms with van der Waals surface area (Å²) in [6, 6.07) is 3.88. The number of benzene rings is 1. The molecule has 0 saturated heterocycles. The summed E-state index contributed by atoms with van der Waals surface area (Å²) >= 11 is 0. The Morgan fingerprint density at radius 1 is 1.33 bits per heavy atom. The normalized spacial score (nSPS) is 15.0. The first-order valence-corrected chi connectivity index (χ1v) is 5.63. The number of halogens is 2. The predicted octanol–water partition coefficient (Wildman–Crippen LogP) is 2.27. The molecule has 1 aromatic carbocycles. The molecular weight excluding hydrogens is 292 g/mol. The number of ether oxygens (including phenoxy) is 3. The largest absolute Gasteiger partial charge is 0.586 e. The number of aromatic carboxylic acids is 1. The molecule has 0 unspecified atom stereocenters. The van der Waals surface area contributed by atoms with Crippen molar-refractivity contribution in [3.63, 3.8) is 0 Å². The average Bonchev–Trinajstić information content (AvgIpc) is 2.98. The Morgan fingerprint density at radius 3 is 2.81 bits per heavy atom. The molecule has 0 spiro atoms. The molecular formula is C12H7F2NO6. The zero-order valence-electron chi connectivity index (χ0n) is 10.2. The number of rotatable bonds is 4. The summed E-state index contributed by atoms with van der Waals surface area (Å²) in [4.78, 5) is 14.3. The molecule has 0 saturated carbocycles. The van der Waals surface area contributed by atoms with E-state index in [0.717, 1.165) is 6.26 Å². The Bertz CT molecular complexity index is 699. The van der Waals surface area contributed by atoms with E-state index in [0.29, 0.717) is 0 Å². The minimum Gasteiger partial charge on any atom is -0.484 e. The van der Waals surface area contributed by atoms with Gasteiger partial charge in [0.15, 0.2) is 23.8 Å². The lowest BCUT2D eigenvalue weighted by atomic mass is 10.3. The predicted molar refractivity (Wildman–Crippen MR) is 60.4 cm³/mol. The van der Waals surface area contributed by atoms with Gasteiger partial charge in [0.05, 0.1) is 0 Å². The molecule has 21 heavy (non-hydrogen) atoms. The maximum absolute atomic E-state index is 12.8. The zero-order chi connectivity index (χ0) is 15.0. The van der Waals surface area contributed by atoms with E-state index in [-0.39, 0.29) is 35.4 Å². The summed E-state index contributed by atoms with van der Waals surface area (Å²) in [5.41, 5.74) is -0.251. The molecule has 7 nitrogen and oxygen atoms in total. The van der Waals surface area contributed by atoms with Crippen LogP contribution >= 0.6 is 0 Å². The van der Waals surface area contributed by atoms with Gasteiger partial charge in [0.1, 0.15) is 12.0 Å². The van der Waals surface area contributed by atoms with Crippen molar-refractivity contribution >= 4 is 5.97 Å². The quantitative estimate of drug-likeness (QED) is 0.925. The molecule has 9 heteroatoms. The molecule has 3 rings (SSSR count). The third kappa shape index (κ3) is 2.71. The fraction of sp³-hybridized carbons (Fsp3) is 0.167. The molecule has 0 bridgehead atoms. The molecule has 0 radical (unpaired) electrons. The minimum atomic E-state index is -3.69. The van der Waals surface area contributed by atoms with Gasteiger partial charge in [-0.05, 0) is 12.1 Å². The summed E-state index contributed by atoms with van der Waals surface area (Å²) in [6.07, 6.45) is -2.72. The van der Waals surface area contributed by atoms with Crippen molar-refractivity contribution in [2.75, 3.05) is 0 Å². The van der Waals surface area contributed by atoms with Gasteiger partial charge < -0.3 is 23.7 Å². The highest BCUT2D eigenvalue weighted by atomic mass is 19.3. The number of alkyl halides is 2. The fourth-order valence-electron chi connectivity index (χ4n) is 1.64. The van der Waals surface area contributed by atoms with E-state index in [1.807, 2.05) is 0 Å². The van der Waals surface area contributed by atoms with Crippen LogP contribution < -0.4 is 14.2 Å². The number of carboxylic acid groups (broad SMARTS) is 1. The number of fused-ring (bicyclic) bond motifs is 1. The van der Waals surface area contributed by atoms with E-state index in [1.54, 1.807) is 0 Å². The van der Waals surface area contributed by atoms with Crippen LogP contribution in [0.5, 0.6) is 17.2 Å². The van der Waals surface area contributed by atoms with Gasteiger partial charge in [-0.25, -0.2) is 9.78 Å². The number of carboxylic acids is 1. The zero-order valence-corrected chi connectivity index (χ0v) is 10.2. The Balaban J connectivity index is 1.68. The second kappa shape index (κ2) is 4.62. The van der Waals surface area contributed by atoms with Crippen molar-refractivity contribution in [3.8, 4) is 17.2 Å². The van der Waals surface area contributed by atoms with E-state index in [2.05, 4.69) is 14.5 Å². The fourth-order valence-corrected chi connectivity index (χ4v) is 1.64. The van der Waals surface area contributed by atoms with Gasteiger partial charge in [0, 0.05) is 6.07 Å². The number of oxazole rings is 1. The lowest BCUT2D eigenvalue weighted by Crippen LogP contribution is -2.25. The van der Waals surface area contributed by atoms with Crippen molar-refractivity contribution < 1.29 is 37.3 Å². The molecule has 0 aliphatic carbocycles. The van der Waals surface area contributed by atoms with Crippen molar-refractivity contribution in [1.82, 2.24) is 4.98 Å². The first-order valence-electron chi connectivity index (χ1n) is 5.63. The van der Waals surface area contributed by atoms with Crippen molar-refractivity contribution in [2.24, 2.45) is 0 Å². The Kier molecular flexibility index (Phi) is 2.89. The molecule has 110 valence electrons. The standard InChI is InChI=1S/C12H7F2NO6/c13-12(14)20-8-2-1-6(3-9(8)21-12)18-5-10-15-7(4-19-10)11(16)17/h1-4H,5H2,(H,16,17). The van der Waals surface area contributed by atoms with E-state index in [4.69, 9.17) is 14.3 Å². The van der Waals surface area contributed by atoms with Gasteiger partial charge in [-0.15, -0.1) is 8.78 Å². The van der Waals surface area contributed by atoms with Gasteiger partial charge in [-0.2, -0.15) is 0 Å². The van der Waals surface area contributed by atoms with Gasteiger partial charge >= 0.3 is 12.3 Å². The lowest BCUT2D eigenvalue weighted by molar-refractivity contribution is -0.286. The van der Waals surface area contributed by atoms with Crippen molar-refractivity contribution in [3.05, 3.63) is 36.0 Å². The van der Waals surface area contributed by atoms with Crippen LogP contribution in [0.15, 0.2) is 28.9 Å². The minimum absolute atomic E-state index is 0.0374. The van der Waals surface area contributed by atoms with Crippen LogP contribution in [0.3, 0.4) is 0 Å². The number of hydrogen-bond acceptors (Lipinski definition) is 6. The van der Waals surface area contributed by atoms with E-state index in [9.17, 15) is 13.6 Å². The number of nitrogens with zero attached hydrogens (tertiary/aromatic N) is 1. The summed E-state index contributed by atoms with van der Waals surface area (Å²) in [7, 11) is 0. The van der Waals surface area contributed by atoms with Crippen LogP contribution in [-0.4, -0.2) is 22.4 Å².